The largest absolute Gasteiger partial charge is 0.482 e. The number of halogens is 5. The molecule has 2 aromatic carbocycles. The topological polar surface area (TPSA) is 58.6 Å². The lowest BCUT2D eigenvalue weighted by Gasteiger charge is -2.21. The van der Waals surface area contributed by atoms with Gasteiger partial charge < -0.3 is 15.0 Å². The van der Waals surface area contributed by atoms with Gasteiger partial charge in [0.25, 0.3) is 5.91 Å². The summed E-state index contributed by atoms with van der Waals surface area (Å²) in [6, 6.07) is 9.08. The van der Waals surface area contributed by atoms with Crippen LogP contribution in [0.2, 0.25) is 10.0 Å². The lowest BCUT2D eigenvalue weighted by molar-refractivity contribution is -0.137. The number of alkyl halides is 3. The fourth-order valence-electron chi connectivity index (χ4n) is 2.40. The zero-order valence-corrected chi connectivity index (χ0v) is 16.7. The number of ether oxygens (including phenoxy) is 1. The zero-order chi connectivity index (χ0) is 21.6. The highest BCUT2D eigenvalue weighted by Crippen LogP contribution is 2.34. The van der Waals surface area contributed by atoms with Crippen molar-refractivity contribution in [2.45, 2.75) is 13.1 Å². The molecule has 156 valence electrons. The molecule has 0 radical (unpaired) electrons. The molecule has 0 heterocycles. The van der Waals surface area contributed by atoms with Crippen molar-refractivity contribution < 1.29 is 27.5 Å². The zero-order valence-electron chi connectivity index (χ0n) is 15.2. The van der Waals surface area contributed by atoms with E-state index in [9.17, 15) is 22.8 Å². The molecule has 2 aromatic rings. The summed E-state index contributed by atoms with van der Waals surface area (Å²) < 4.78 is 44.4. The number of anilines is 1. The van der Waals surface area contributed by atoms with Crippen LogP contribution in [0.15, 0.2) is 42.5 Å². The molecule has 5 nitrogen and oxygen atoms in total. The van der Waals surface area contributed by atoms with Gasteiger partial charge in [-0.15, -0.1) is 0 Å². The Balaban J connectivity index is 1.98. The molecular formula is C19H17Cl2F3N2O3. The smallest absolute Gasteiger partial charge is 0.418 e. The summed E-state index contributed by atoms with van der Waals surface area (Å²) in [5, 5.41) is 2.82. The van der Waals surface area contributed by atoms with Crippen LogP contribution in [0, 0.1) is 0 Å². The number of carbonyl (C=O) groups excluding carboxylic acids is 2. The Bertz CT molecular complexity index is 891. The molecule has 0 unspecified atom stereocenters. The lowest BCUT2D eigenvalue weighted by atomic mass is 10.1. The number of benzene rings is 2. The molecule has 0 bridgehead atoms. The van der Waals surface area contributed by atoms with Crippen molar-refractivity contribution in [3.8, 4) is 5.75 Å². The molecule has 10 heteroatoms. The summed E-state index contributed by atoms with van der Waals surface area (Å²) in [5.41, 5.74) is -1.35. The highest BCUT2D eigenvalue weighted by Gasteiger charge is 2.33. The van der Waals surface area contributed by atoms with E-state index in [0.29, 0.717) is 5.02 Å². The minimum absolute atomic E-state index is 0.158. The number of para-hydroxylation sites is 1. The maximum absolute atomic E-state index is 13.0. The predicted molar refractivity (Wildman–Crippen MR) is 104 cm³/mol. The van der Waals surface area contributed by atoms with Crippen LogP contribution >= 0.6 is 23.2 Å². The average Bonchev–Trinajstić information content (AvgIpc) is 2.64. The average molecular weight is 449 g/mol. The molecule has 0 saturated carbocycles. The standard InChI is InChI=1S/C19H17Cl2F3N2O3/c1-2-26(18(28)11-29-16-8-7-12(20)9-14(16)21)10-17(27)25-15-6-4-3-5-13(15)19(22,23)24/h3-9H,2,10-11H2,1H3,(H,25,27). The normalized spacial score (nSPS) is 11.1. The number of amides is 2. The molecule has 0 aliphatic carbocycles. The number of hydrogen-bond acceptors (Lipinski definition) is 3. The van der Waals surface area contributed by atoms with Crippen molar-refractivity contribution in [2.24, 2.45) is 0 Å². The van der Waals surface area contributed by atoms with E-state index in [4.69, 9.17) is 27.9 Å². The summed E-state index contributed by atoms with van der Waals surface area (Å²) in [6.07, 6.45) is -4.62. The predicted octanol–water partition coefficient (Wildman–Crippen LogP) is 4.88. The summed E-state index contributed by atoms with van der Waals surface area (Å²) in [5.74, 6) is -1.05. The second-order valence-corrected chi connectivity index (χ2v) is 6.71. The van der Waals surface area contributed by atoms with E-state index < -0.39 is 36.7 Å². The van der Waals surface area contributed by atoms with Crippen molar-refractivity contribution >= 4 is 40.7 Å². The third-order valence-electron chi connectivity index (χ3n) is 3.82. The van der Waals surface area contributed by atoms with Gasteiger partial charge in [0, 0.05) is 11.6 Å². The molecule has 0 aliphatic heterocycles. The second-order valence-electron chi connectivity index (χ2n) is 5.86. The minimum atomic E-state index is -4.62. The maximum atomic E-state index is 13.0. The Kier molecular flexibility index (Phi) is 7.75. The third kappa shape index (κ3) is 6.54. The number of rotatable bonds is 7. The first-order valence-corrected chi connectivity index (χ1v) is 9.19. The first-order valence-electron chi connectivity index (χ1n) is 8.43. The molecule has 0 atom stereocenters. The monoisotopic (exact) mass is 448 g/mol. The molecule has 2 amide bonds. The molecule has 29 heavy (non-hydrogen) atoms. The van der Waals surface area contributed by atoms with Gasteiger partial charge >= 0.3 is 6.18 Å². The molecule has 1 N–H and O–H groups in total. The van der Waals surface area contributed by atoms with Crippen molar-refractivity contribution in [3.05, 3.63) is 58.1 Å². The van der Waals surface area contributed by atoms with Gasteiger partial charge in [-0.2, -0.15) is 13.2 Å². The van der Waals surface area contributed by atoms with Gasteiger partial charge in [0.05, 0.1) is 22.8 Å². The molecular weight excluding hydrogens is 432 g/mol. The molecule has 0 spiro atoms. The van der Waals surface area contributed by atoms with Gasteiger partial charge in [-0.05, 0) is 37.3 Å². The van der Waals surface area contributed by atoms with E-state index in [0.717, 1.165) is 17.0 Å². The SMILES string of the molecule is CCN(CC(=O)Nc1ccccc1C(F)(F)F)C(=O)COc1ccc(Cl)cc1Cl. The van der Waals surface area contributed by atoms with Crippen LogP contribution in [-0.4, -0.2) is 36.4 Å². The van der Waals surface area contributed by atoms with Gasteiger partial charge in [-0.3, -0.25) is 9.59 Å². The fraction of sp³-hybridized carbons (Fsp3) is 0.263. The molecule has 0 aromatic heterocycles. The summed E-state index contributed by atoms with van der Waals surface area (Å²) in [4.78, 5) is 25.6. The van der Waals surface area contributed by atoms with Crippen molar-refractivity contribution in [1.29, 1.82) is 0 Å². The summed E-state index contributed by atoms with van der Waals surface area (Å²) in [7, 11) is 0. The number of likely N-dealkylation sites (N-methyl/N-ethyl adjacent to an activating group) is 1. The highest BCUT2D eigenvalue weighted by atomic mass is 35.5. The van der Waals surface area contributed by atoms with Crippen LogP contribution < -0.4 is 10.1 Å². The molecule has 0 saturated heterocycles. The van der Waals surface area contributed by atoms with Crippen LogP contribution in [-0.2, 0) is 15.8 Å². The van der Waals surface area contributed by atoms with E-state index in [1.807, 2.05) is 0 Å². The Morgan fingerprint density at radius 1 is 1.14 bits per heavy atom. The maximum Gasteiger partial charge on any atom is 0.418 e. The van der Waals surface area contributed by atoms with Crippen LogP contribution in [0.1, 0.15) is 12.5 Å². The Labute approximate surface area is 175 Å². The second kappa shape index (κ2) is 9.84. The van der Waals surface area contributed by atoms with E-state index in [1.165, 1.54) is 30.3 Å². The van der Waals surface area contributed by atoms with Crippen LogP contribution in [0.4, 0.5) is 18.9 Å². The summed E-state index contributed by atoms with van der Waals surface area (Å²) >= 11 is 11.7. The van der Waals surface area contributed by atoms with E-state index in [2.05, 4.69) is 5.32 Å². The first kappa shape index (κ1) is 22.8. The van der Waals surface area contributed by atoms with Gasteiger partial charge in [-0.1, -0.05) is 35.3 Å². The third-order valence-corrected chi connectivity index (χ3v) is 4.35. The lowest BCUT2D eigenvalue weighted by Crippen LogP contribution is -2.40. The Morgan fingerprint density at radius 3 is 2.45 bits per heavy atom. The van der Waals surface area contributed by atoms with Crippen molar-refractivity contribution in [1.82, 2.24) is 4.90 Å². The molecule has 2 rings (SSSR count). The van der Waals surface area contributed by atoms with Gasteiger partial charge in [-0.25, -0.2) is 0 Å². The van der Waals surface area contributed by atoms with Crippen molar-refractivity contribution in [3.63, 3.8) is 0 Å². The van der Waals surface area contributed by atoms with E-state index in [1.54, 1.807) is 6.92 Å². The number of nitrogens with one attached hydrogen (secondary N) is 1. The fourth-order valence-corrected chi connectivity index (χ4v) is 2.86. The number of hydrogen-bond donors (Lipinski definition) is 1. The molecule has 0 fully saturated rings. The van der Waals surface area contributed by atoms with E-state index >= 15 is 0 Å². The van der Waals surface area contributed by atoms with E-state index in [-0.39, 0.29) is 23.0 Å². The van der Waals surface area contributed by atoms with Gasteiger partial charge in [0.1, 0.15) is 5.75 Å². The first-order chi connectivity index (χ1) is 13.6. The Morgan fingerprint density at radius 2 is 1.83 bits per heavy atom. The Hall–Kier alpha value is -2.45. The van der Waals surface area contributed by atoms with Crippen molar-refractivity contribution in [2.75, 3.05) is 25.0 Å². The van der Waals surface area contributed by atoms with Crippen LogP contribution in [0.25, 0.3) is 0 Å². The van der Waals surface area contributed by atoms with Crippen LogP contribution in [0.5, 0.6) is 5.75 Å². The number of nitrogens with zero attached hydrogens (tertiary/aromatic N) is 1. The minimum Gasteiger partial charge on any atom is -0.482 e. The van der Waals surface area contributed by atoms with Crippen LogP contribution in [0.3, 0.4) is 0 Å². The van der Waals surface area contributed by atoms with Gasteiger partial charge in [0.2, 0.25) is 5.91 Å². The number of carbonyl (C=O) groups is 2. The summed E-state index contributed by atoms with van der Waals surface area (Å²) in [6.45, 7) is 0.954. The molecule has 0 aliphatic rings. The highest BCUT2D eigenvalue weighted by molar-refractivity contribution is 6.35. The van der Waals surface area contributed by atoms with Gasteiger partial charge in [0.15, 0.2) is 6.61 Å². The quantitative estimate of drug-likeness (QED) is 0.656.